The number of carbonyl (C=O) groups is 2. The minimum absolute atomic E-state index is 0.0796. The van der Waals surface area contributed by atoms with E-state index in [4.69, 9.17) is 5.11 Å². The van der Waals surface area contributed by atoms with E-state index < -0.39 is 30.8 Å². The van der Waals surface area contributed by atoms with Crippen molar-refractivity contribution in [3.05, 3.63) is 0 Å². The van der Waals surface area contributed by atoms with Gasteiger partial charge in [0, 0.05) is 6.54 Å². The van der Waals surface area contributed by atoms with Crippen LogP contribution in [0.4, 0.5) is 18.0 Å². The Kier molecular flexibility index (Phi) is 7.25. The standard InChI is InChI=1S/C11H19F3N2O3/c1-3-5-8(9(17)18)15-10(19)16(6-4-2)7-11(12,13)14/h8H,3-7H2,1-2H3,(H,15,19)(H,17,18). The molecule has 0 saturated carbocycles. The number of urea groups is 1. The highest BCUT2D eigenvalue weighted by Gasteiger charge is 2.33. The van der Waals surface area contributed by atoms with E-state index in [0.717, 1.165) is 0 Å². The summed E-state index contributed by atoms with van der Waals surface area (Å²) in [6.07, 6.45) is -3.47. The molecule has 8 heteroatoms. The van der Waals surface area contributed by atoms with Crippen LogP contribution < -0.4 is 5.32 Å². The van der Waals surface area contributed by atoms with Gasteiger partial charge in [-0.1, -0.05) is 20.3 Å². The molecule has 0 aromatic rings. The number of carbonyl (C=O) groups excluding carboxylic acids is 1. The lowest BCUT2D eigenvalue weighted by atomic mass is 10.2. The van der Waals surface area contributed by atoms with E-state index in [-0.39, 0.29) is 13.0 Å². The number of aliphatic carboxylic acids is 1. The van der Waals surface area contributed by atoms with Gasteiger partial charge in [0.2, 0.25) is 0 Å². The van der Waals surface area contributed by atoms with Crippen LogP contribution in [0.5, 0.6) is 0 Å². The van der Waals surface area contributed by atoms with Crippen molar-refractivity contribution in [1.82, 2.24) is 10.2 Å². The molecule has 0 bridgehead atoms. The largest absolute Gasteiger partial charge is 0.480 e. The molecule has 112 valence electrons. The molecule has 5 nitrogen and oxygen atoms in total. The molecule has 0 spiro atoms. The van der Waals surface area contributed by atoms with Crippen LogP contribution in [0.2, 0.25) is 0 Å². The summed E-state index contributed by atoms with van der Waals surface area (Å²) in [7, 11) is 0. The Balaban J connectivity index is 4.65. The van der Waals surface area contributed by atoms with Crippen LogP contribution in [0.3, 0.4) is 0 Å². The molecule has 0 aliphatic heterocycles. The fraction of sp³-hybridized carbons (Fsp3) is 0.818. The smallest absolute Gasteiger partial charge is 0.406 e. The molecule has 1 atom stereocenters. The number of halogens is 3. The summed E-state index contributed by atoms with van der Waals surface area (Å²) >= 11 is 0. The van der Waals surface area contributed by atoms with Crippen molar-refractivity contribution < 1.29 is 27.9 Å². The first-order valence-electron chi connectivity index (χ1n) is 6.06. The van der Waals surface area contributed by atoms with Gasteiger partial charge in [0.05, 0.1) is 0 Å². The van der Waals surface area contributed by atoms with Gasteiger partial charge in [0.1, 0.15) is 12.6 Å². The van der Waals surface area contributed by atoms with Gasteiger partial charge in [-0.15, -0.1) is 0 Å². The average molecular weight is 284 g/mol. The van der Waals surface area contributed by atoms with Crippen LogP contribution >= 0.6 is 0 Å². The lowest BCUT2D eigenvalue weighted by Gasteiger charge is -2.25. The molecular formula is C11H19F3N2O3. The number of alkyl halides is 3. The van der Waals surface area contributed by atoms with Gasteiger partial charge in [-0.3, -0.25) is 0 Å². The van der Waals surface area contributed by atoms with Crippen LogP contribution in [0.1, 0.15) is 33.1 Å². The normalized spacial score (nSPS) is 12.9. The topological polar surface area (TPSA) is 69.6 Å². The summed E-state index contributed by atoms with van der Waals surface area (Å²) in [5, 5.41) is 11.0. The second kappa shape index (κ2) is 7.85. The third-order valence-electron chi connectivity index (χ3n) is 2.32. The number of nitrogens with zero attached hydrogens (tertiary/aromatic N) is 1. The van der Waals surface area contributed by atoms with E-state index in [2.05, 4.69) is 5.32 Å². The zero-order chi connectivity index (χ0) is 15.1. The monoisotopic (exact) mass is 284 g/mol. The highest BCUT2D eigenvalue weighted by Crippen LogP contribution is 2.16. The van der Waals surface area contributed by atoms with Crippen molar-refractivity contribution in [2.24, 2.45) is 0 Å². The quantitative estimate of drug-likeness (QED) is 0.753. The highest BCUT2D eigenvalue weighted by molar-refractivity contribution is 5.82. The third kappa shape index (κ3) is 7.53. The fourth-order valence-electron chi connectivity index (χ4n) is 1.53. The zero-order valence-corrected chi connectivity index (χ0v) is 11.0. The minimum atomic E-state index is -4.50. The van der Waals surface area contributed by atoms with Gasteiger partial charge in [0.25, 0.3) is 0 Å². The van der Waals surface area contributed by atoms with Gasteiger partial charge in [-0.2, -0.15) is 13.2 Å². The molecule has 2 N–H and O–H groups in total. The number of amides is 2. The van der Waals surface area contributed by atoms with E-state index in [9.17, 15) is 22.8 Å². The van der Waals surface area contributed by atoms with Crippen molar-refractivity contribution in [3.63, 3.8) is 0 Å². The van der Waals surface area contributed by atoms with Crippen molar-refractivity contribution in [2.75, 3.05) is 13.1 Å². The Bertz CT molecular complexity index is 308. The van der Waals surface area contributed by atoms with Gasteiger partial charge >= 0.3 is 18.2 Å². The van der Waals surface area contributed by atoms with E-state index in [0.29, 0.717) is 17.7 Å². The maximum atomic E-state index is 12.3. The molecule has 0 saturated heterocycles. The average Bonchev–Trinajstić information content (AvgIpc) is 2.25. The van der Waals surface area contributed by atoms with E-state index in [1.54, 1.807) is 13.8 Å². The number of carboxylic acid groups (broad SMARTS) is 1. The second-order valence-electron chi connectivity index (χ2n) is 4.17. The van der Waals surface area contributed by atoms with Gasteiger partial charge in [-0.05, 0) is 12.8 Å². The predicted octanol–water partition coefficient (Wildman–Crippen LogP) is 2.22. The first-order valence-corrected chi connectivity index (χ1v) is 6.06. The Labute approximate surface area is 109 Å². The fourth-order valence-corrected chi connectivity index (χ4v) is 1.53. The summed E-state index contributed by atoms with van der Waals surface area (Å²) in [4.78, 5) is 23.1. The molecule has 0 heterocycles. The summed E-state index contributed by atoms with van der Waals surface area (Å²) < 4.78 is 36.9. The summed E-state index contributed by atoms with van der Waals surface area (Å²) in [5.74, 6) is -1.25. The Morgan fingerprint density at radius 1 is 1.26 bits per heavy atom. The van der Waals surface area contributed by atoms with Crippen molar-refractivity contribution in [1.29, 1.82) is 0 Å². The highest BCUT2D eigenvalue weighted by atomic mass is 19.4. The SMILES string of the molecule is CCCC(NC(=O)N(CCC)CC(F)(F)F)C(=O)O. The minimum Gasteiger partial charge on any atom is -0.480 e. The molecule has 0 rings (SSSR count). The van der Waals surface area contributed by atoms with Crippen molar-refractivity contribution in [2.45, 2.75) is 45.3 Å². The summed E-state index contributed by atoms with van der Waals surface area (Å²) in [6.45, 7) is 1.90. The Hall–Kier alpha value is -1.47. The maximum absolute atomic E-state index is 12.3. The molecule has 0 radical (unpaired) electrons. The second-order valence-corrected chi connectivity index (χ2v) is 4.17. The Morgan fingerprint density at radius 3 is 2.21 bits per heavy atom. The third-order valence-corrected chi connectivity index (χ3v) is 2.32. The van der Waals surface area contributed by atoms with Gasteiger partial charge < -0.3 is 15.3 Å². The van der Waals surface area contributed by atoms with Gasteiger partial charge in [0.15, 0.2) is 0 Å². The maximum Gasteiger partial charge on any atom is 0.406 e. The Morgan fingerprint density at radius 2 is 1.84 bits per heavy atom. The predicted molar refractivity (Wildman–Crippen MR) is 62.8 cm³/mol. The molecule has 0 aliphatic rings. The van der Waals surface area contributed by atoms with E-state index in [1.165, 1.54) is 0 Å². The molecular weight excluding hydrogens is 265 g/mol. The molecule has 2 amide bonds. The molecule has 1 unspecified atom stereocenters. The number of hydrogen-bond donors (Lipinski definition) is 2. The number of carboxylic acids is 1. The number of rotatable bonds is 7. The van der Waals surface area contributed by atoms with Crippen LogP contribution in [-0.2, 0) is 4.79 Å². The first kappa shape index (κ1) is 17.5. The van der Waals surface area contributed by atoms with Crippen LogP contribution in [0, 0.1) is 0 Å². The number of nitrogens with one attached hydrogen (secondary N) is 1. The van der Waals surface area contributed by atoms with E-state index >= 15 is 0 Å². The molecule has 0 aromatic heterocycles. The summed E-state index contributed by atoms with van der Waals surface area (Å²) in [5.41, 5.74) is 0. The van der Waals surface area contributed by atoms with Crippen molar-refractivity contribution in [3.8, 4) is 0 Å². The first-order chi connectivity index (χ1) is 8.71. The van der Waals surface area contributed by atoms with Crippen LogP contribution in [0.15, 0.2) is 0 Å². The molecule has 0 aliphatic carbocycles. The van der Waals surface area contributed by atoms with Crippen LogP contribution in [0.25, 0.3) is 0 Å². The number of hydrogen-bond acceptors (Lipinski definition) is 2. The molecule has 19 heavy (non-hydrogen) atoms. The molecule has 0 fully saturated rings. The summed E-state index contributed by atoms with van der Waals surface area (Å²) in [6, 6.07) is -2.16. The lowest BCUT2D eigenvalue weighted by molar-refractivity contribution is -0.141. The zero-order valence-electron chi connectivity index (χ0n) is 11.0. The lowest BCUT2D eigenvalue weighted by Crippen LogP contribution is -2.50. The van der Waals surface area contributed by atoms with E-state index in [1.807, 2.05) is 0 Å². The molecule has 0 aromatic carbocycles. The van der Waals surface area contributed by atoms with Gasteiger partial charge in [-0.25, -0.2) is 9.59 Å². The van der Waals surface area contributed by atoms with Crippen LogP contribution in [-0.4, -0.2) is 47.3 Å². The van der Waals surface area contributed by atoms with Crippen molar-refractivity contribution >= 4 is 12.0 Å².